The number of nitrogen functional groups attached to an aromatic ring is 1. The van der Waals surface area contributed by atoms with Crippen LogP contribution in [0.5, 0.6) is 0 Å². The Morgan fingerprint density at radius 1 is 0.800 bits per heavy atom. The summed E-state index contributed by atoms with van der Waals surface area (Å²) >= 11 is 0. The number of anilines is 4. The van der Waals surface area contributed by atoms with Crippen LogP contribution in [0.4, 0.5) is 32.3 Å². The molecule has 25 heavy (non-hydrogen) atoms. The Morgan fingerprint density at radius 2 is 1.20 bits per heavy atom. The van der Waals surface area contributed by atoms with Gasteiger partial charge in [-0.15, -0.1) is 0 Å². The van der Waals surface area contributed by atoms with E-state index >= 15 is 0 Å². The minimum absolute atomic E-state index is 0.377. The van der Waals surface area contributed by atoms with Gasteiger partial charge in [-0.1, -0.05) is 0 Å². The lowest BCUT2D eigenvalue weighted by Crippen LogP contribution is -2.27. The lowest BCUT2D eigenvalue weighted by atomic mass is 10.2. The van der Waals surface area contributed by atoms with E-state index in [1.54, 1.807) is 69.3 Å². The van der Waals surface area contributed by atoms with Gasteiger partial charge in [-0.25, -0.2) is 9.59 Å². The van der Waals surface area contributed by atoms with Crippen LogP contribution in [0, 0.1) is 0 Å². The van der Waals surface area contributed by atoms with E-state index in [-0.39, 0.29) is 6.03 Å². The van der Waals surface area contributed by atoms with E-state index in [2.05, 4.69) is 16.0 Å². The summed E-state index contributed by atoms with van der Waals surface area (Å²) in [6.07, 6.45) is -0.533. The molecule has 0 aliphatic rings. The molecular formula is C18H22N4O3. The van der Waals surface area contributed by atoms with Crippen molar-refractivity contribution in [2.24, 2.45) is 0 Å². The third kappa shape index (κ3) is 6.42. The minimum Gasteiger partial charge on any atom is -0.444 e. The molecule has 0 spiro atoms. The number of benzene rings is 2. The van der Waals surface area contributed by atoms with E-state index in [9.17, 15) is 9.59 Å². The lowest BCUT2D eigenvalue weighted by Gasteiger charge is -2.19. The first kappa shape index (κ1) is 18.1. The highest BCUT2D eigenvalue weighted by molar-refractivity contribution is 6.00. The molecule has 0 saturated carbocycles. The van der Waals surface area contributed by atoms with Crippen molar-refractivity contribution in [1.29, 1.82) is 0 Å². The quantitative estimate of drug-likeness (QED) is 0.625. The predicted molar refractivity (Wildman–Crippen MR) is 99.8 cm³/mol. The highest BCUT2D eigenvalue weighted by Crippen LogP contribution is 2.16. The number of ether oxygens (including phenoxy) is 1. The highest BCUT2D eigenvalue weighted by atomic mass is 16.6. The smallest absolute Gasteiger partial charge is 0.412 e. The van der Waals surface area contributed by atoms with Crippen LogP contribution >= 0.6 is 0 Å². The van der Waals surface area contributed by atoms with Crippen LogP contribution in [-0.2, 0) is 4.74 Å². The third-order valence-electron chi connectivity index (χ3n) is 2.96. The molecule has 2 rings (SSSR count). The van der Waals surface area contributed by atoms with Crippen molar-refractivity contribution in [3.8, 4) is 0 Å². The molecule has 0 aliphatic carbocycles. The Kier molecular flexibility index (Phi) is 5.49. The van der Waals surface area contributed by atoms with Crippen LogP contribution in [-0.4, -0.2) is 17.7 Å². The second-order valence-electron chi connectivity index (χ2n) is 6.41. The normalized spacial score (nSPS) is 10.7. The second-order valence-corrected chi connectivity index (χ2v) is 6.41. The van der Waals surface area contributed by atoms with Gasteiger partial charge in [-0.05, 0) is 69.3 Å². The van der Waals surface area contributed by atoms with Gasteiger partial charge in [0.25, 0.3) is 0 Å². The van der Waals surface area contributed by atoms with E-state index in [1.807, 2.05) is 0 Å². The molecule has 5 N–H and O–H groups in total. The number of amides is 3. The monoisotopic (exact) mass is 342 g/mol. The first-order valence-electron chi connectivity index (χ1n) is 7.75. The Labute approximate surface area is 146 Å². The molecule has 3 amide bonds. The minimum atomic E-state index is -0.564. The number of nitrogens with two attached hydrogens (primary N) is 1. The van der Waals surface area contributed by atoms with Gasteiger partial charge < -0.3 is 21.1 Å². The fourth-order valence-corrected chi connectivity index (χ4v) is 1.92. The van der Waals surface area contributed by atoms with E-state index in [0.29, 0.717) is 22.7 Å². The third-order valence-corrected chi connectivity index (χ3v) is 2.96. The Hall–Kier alpha value is -3.22. The summed E-state index contributed by atoms with van der Waals surface area (Å²) in [6, 6.07) is 13.1. The average Bonchev–Trinajstić information content (AvgIpc) is 2.49. The van der Waals surface area contributed by atoms with Gasteiger partial charge in [0.15, 0.2) is 0 Å². The topological polar surface area (TPSA) is 105 Å². The van der Waals surface area contributed by atoms with Crippen LogP contribution in [0.25, 0.3) is 0 Å². The first-order chi connectivity index (χ1) is 11.7. The summed E-state index contributed by atoms with van der Waals surface area (Å²) in [5, 5.41) is 8.02. The zero-order valence-corrected chi connectivity index (χ0v) is 14.4. The number of nitrogens with one attached hydrogen (secondary N) is 3. The lowest BCUT2D eigenvalue weighted by molar-refractivity contribution is 0.0636. The molecule has 0 radical (unpaired) electrons. The Bertz CT molecular complexity index is 734. The van der Waals surface area contributed by atoms with Crippen molar-refractivity contribution < 1.29 is 14.3 Å². The number of hydrogen-bond donors (Lipinski definition) is 4. The van der Waals surface area contributed by atoms with Gasteiger partial charge in [0.1, 0.15) is 5.60 Å². The number of carbonyl (C=O) groups excluding carboxylic acids is 2. The molecule has 2 aromatic carbocycles. The largest absolute Gasteiger partial charge is 0.444 e. The van der Waals surface area contributed by atoms with Crippen LogP contribution in [0.1, 0.15) is 20.8 Å². The molecule has 0 unspecified atom stereocenters. The molecule has 2 aromatic rings. The van der Waals surface area contributed by atoms with Gasteiger partial charge >= 0.3 is 12.1 Å². The van der Waals surface area contributed by atoms with Crippen molar-refractivity contribution >= 4 is 34.9 Å². The maximum Gasteiger partial charge on any atom is 0.412 e. The Balaban J connectivity index is 1.88. The Morgan fingerprint density at radius 3 is 1.64 bits per heavy atom. The summed E-state index contributed by atoms with van der Waals surface area (Å²) in [4.78, 5) is 23.6. The molecule has 0 bridgehead atoms. The second kappa shape index (κ2) is 7.57. The first-order valence-corrected chi connectivity index (χ1v) is 7.75. The number of carbonyl (C=O) groups is 2. The summed E-state index contributed by atoms with van der Waals surface area (Å²) in [5.74, 6) is 0. The maximum atomic E-state index is 11.9. The van der Waals surface area contributed by atoms with Gasteiger partial charge in [0.05, 0.1) is 0 Å². The summed E-state index contributed by atoms with van der Waals surface area (Å²) in [6.45, 7) is 5.37. The van der Waals surface area contributed by atoms with E-state index in [0.717, 1.165) is 0 Å². The van der Waals surface area contributed by atoms with Crippen molar-refractivity contribution in [2.45, 2.75) is 26.4 Å². The van der Waals surface area contributed by atoms with Crippen LogP contribution in [0.3, 0.4) is 0 Å². The van der Waals surface area contributed by atoms with Gasteiger partial charge in [-0.3, -0.25) is 5.32 Å². The molecule has 0 saturated heterocycles. The molecular weight excluding hydrogens is 320 g/mol. The SMILES string of the molecule is CC(C)(C)OC(=O)Nc1ccc(NC(=O)Nc2ccc(N)cc2)cc1. The zero-order valence-electron chi connectivity index (χ0n) is 14.4. The summed E-state index contributed by atoms with van der Waals surface area (Å²) in [7, 11) is 0. The van der Waals surface area contributed by atoms with Crippen molar-refractivity contribution in [3.63, 3.8) is 0 Å². The van der Waals surface area contributed by atoms with Gasteiger partial charge in [0.2, 0.25) is 0 Å². The van der Waals surface area contributed by atoms with E-state index in [4.69, 9.17) is 10.5 Å². The van der Waals surface area contributed by atoms with E-state index in [1.165, 1.54) is 0 Å². The van der Waals surface area contributed by atoms with E-state index < -0.39 is 11.7 Å². The number of hydrogen-bond acceptors (Lipinski definition) is 4. The molecule has 132 valence electrons. The molecule has 0 aromatic heterocycles. The number of rotatable bonds is 3. The van der Waals surface area contributed by atoms with Gasteiger partial charge in [-0.2, -0.15) is 0 Å². The van der Waals surface area contributed by atoms with Crippen LogP contribution < -0.4 is 21.7 Å². The zero-order chi connectivity index (χ0) is 18.4. The molecule has 0 fully saturated rings. The maximum absolute atomic E-state index is 11.9. The van der Waals surface area contributed by atoms with Crippen LogP contribution in [0.2, 0.25) is 0 Å². The molecule has 7 nitrogen and oxygen atoms in total. The number of urea groups is 1. The molecule has 0 aliphatic heterocycles. The fourth-order valence-electron chi connectivity index (χ4n) is 1.92. The molecule has 7 heteroatoms. The molecule has 0 atom stereocenters. The fraction of sp³-hybridized carbons (Fsp3) is 0.222. The van der Waals surface area contributed by atoms with Crippen molar-refractivity contribution in [1.82, 2.24) is 0 Å². The standard InChI is InChI=1S/C18H22N4O3/c1-18(2,3)25-17(24)22-15-10-8-14(9-11-15)21-16(23)20-13-6-4-12(19)5-7-13/h4-11H,19H2,1-3H3,(H,22,24)(H2,20,21,23). The average molecular weight is 342 g/mol. The van der Waals surface area contributed by atoms with Crippen molar-refractivity contribution in [2.75, 3.05) is 21.7 Å². The van der Waals surface area contributed by atoms with Crippen molar-refractivity contribution in [3.05, 3.63) is 48.5 Å². The highest BCUT2D eigenvalue weighted by Gasteiger charge is 2.16. The summed E-state index contributed by atoms with van der Waals surface area (Å²) in [5.41, 5.74) is 7.44. The predicted octanol–water partition coefficient (Wildman–Crippen LogP) is 4.26. The molecule has 0 heterocycles. The summed E-state index contributed by atoms with van der Waals surface area (Å²) < 4.78 is 5.17. The van der Waals surface area contributed by atoms with Crippen LogP contribution in [0.15, 0.2) is 48.5 Å². The van der Waals surface area contributed by atoms with Gasteiger partial charge in [0, 0.05) is 22.7 Å².